The van der Waals surface area contributed by atoms with Crippen molar-refractivity contribution in [3.05, 3.63) is 0 Å². The number of nitrogens with one attached hydrogen (secondary N) is 1. The third-order valence-corrected chi connectivity index (χ3v) is 2.78. The van der Waals surface area contributed by atoms with Crippen LogP contribution in [0.3, 0.4) is 0 Å². The normalized spacial score (nSPS) is 13.4. The first kappa shape index (κ1) is 13.3. The van der Waals surface area contributed by atoms with Crippen molar-refractivity contribution in [3.8, 4) is 0 Å². The molecule has 0 aromatic rings. The molecule has 14 heavy (non-hydrogen) atoms. The van der Waals surface area contributed by atoms with Crippen molar-refractivity contribution in [3.63, 3.8) is 0 Å². The van der Waals surface area contributed by atoms with Gasteiger partial charge in [-0.3, -0.25) is 4.99 Å². The second-order valence-electron chi connectivity index (χ2n) is 4.77. The van der Waals surface area contributed by atoms with Gasteiger partial charge in [0.15, 0.2) is 5.96 Å². The van der Waals surface area contributed by atoms with Gasteiger partial charge >= 0.3 is 0 Å². The number of nitrogens with zero attached hydrogens (tertiary/aromatic N) is 1. The lowest BCUT2D eigenvalue weighted by molar-refractivity contribution is 0.262. The van der Waals surface area contributed by atoms with Gasteiger partial charge in [0.1, 0.15) is 0 Å². The molecule has 0 saturated carbocycles. The Hall–Kier alpha value is -0.730. The van der Waals surface area contributed by atoms with Gasteiger partial charge in [-0.15, -0.1) is 0 Å². The number of rotatable bonds is 5. The first-order valence-electron chi connectivity index (χ1n) is 5.44. The number of guanidine groups is 1. The number of nitrogens with two attached hydrogens (primary N) is 1. The van der Waals surface area contributed by atoms with E-state index in [4.69, 9.17) is 5.73 Å². The van der Waals surface area contributed by atoms with Gasteiger partial charge < -0.3 is 11.1 Å². The number of hydrogen-bond donors (Lipinski definition) is 2. The van der Waals surface area contributed by atoms with Gasteiger partial charge in [-0.25, -0.2) is 0 Å². The minimum atomic E-state index is 0.221. The highest BCUT2D eigenvalue weighted by Gasteiger charge is 2.21. The molecule has 0 saturated heterocycles. The maximum absolute atomic E-state index is 5.71. The molecule has 0 aromatic heterocycles. The molecule has 84 valence electrons. The van der Waals surface area contributed by atoms with Gasteiger partial charge in [0.2, 0.25) is 0 Å². The molecule has 0 aliphatic heterocycles. The van der Waals surface area contributed by atoms with Crippen LogP contribution in [0.15, 0.2) is 4.99 Å². The van der Waals surface area contributed by atoms with Crippen molar-refractivity contribution in [1.29, 1.82) is 0 Å². The minimum Gasteiger partial charge on any atom is -0.370 e. The Kier molecular flexibility index (Phi) is 5.58. The van der Waals surface area contributed by atoms with Crippen LogP contribution in [0.2, 0.25) is 0 Å². The van der Waals surface area contributed by atoms with Crippen LogP contribution in [-0.4, -0.2) is 19.0 Å². The molecule has 0 heterocycles. The quantitative estimate of drug-likeness (QED) is 0.525. The smallest absolute Gasteiger partial charge is 0.188 e. The Morgan fingerprint density at radius 3 is 2.43 bits per heavy atom. The Labute approximate surface area is 88.2 Å². The van der Waals surface area contributed by atoms with Crippen LogP contribution in [-0.2, 0) is 0 Å². The average Bonchev–Trinajstić information content (AvgIpc) is 2.11. The highest BCUT2D eigenvalue weighted by atomic mass is 15.1. The van der Waals surface area contributed by atoms with Crippen LogP contribution >= 0.6 is 0 Å². The fraction of sp³-hybridized carbons (Fsp3) is 0.909. The van der Waals surface area contributed by atoms with Crippen molar-refractivity contribution in [2.45, 2.75) is 41.0 Å². The van der Waals surface area contributed by atoms with Gasteiger partial charge in [-0.1, -0.05) is 34.6 Å². The van der Waals surface area contributed by atoms with Crippen molar-refractivity contribution >= 4 is 5.96 Å². The molecule has 0 spiro atoms. The van der Waals surface area contributed by atoms with Crippen LogP contribution in [0, 0.1) is 11.3 Å². The second kappa shape index (κ2) is 5.89. The molecular weight excluding hydrogens is 174 g/mol. The van der Waals surface area contributed by atoms with Gasteiger partial charge in [-0.05, 0) is 17.8 Å². The molecule has 0 unspecified atom stereocenters. The van der Waals surface area contributed by atoms with Gasteiger partial charge in [-0.2, -0.15) is 0 Å². The Morgan fingerprint density at radius 1 is 1.43 bits per heavy atom. The monoisotopic (exact) mass is 199 g/mol. The minimum absolute atomic E-state index is 0.221. The van der Waals surface area contributed by atoms with Gasteiger partial charge in [0, 0.05) is 13.1 Å². The lowest BCUT2D eigenvalue weighted by atomic mass is 9.81. The molecule has 3 nitrogen and oxygen atoms in total. The highest BCUT2D eigenvalue weighted by Crippen LogP contribution is 2.25. The summed E-state index contributed by atoms with van der Waals surface area (Å²) in [6.45, 7) is 12.7. The van der Waals surface area contributed by atoms with E-state index in [-0.39, 0.29) is 5.41 Å². The molecule has 0 atom stereocenters. The molecule has 0 fully saturated rings. The van der Waals surface area contributed by atoms with Crippen LogP contribution in [0.4, 0.5) is 0 Å². The van der Waals surface area contributed by atoms with E-state index in [2.05, 4.69) is 44.9 Å². The third kappa shape index (κ3) is 5.10. The summed E-state index contributed by atoms with van der Waals surface area (Å²) in [5.41, 5.74) is 5.93. The van der Waals surface area contributed by atoms with E-state index in [0.29, 0.717) is 11.9 Å². The molecule has 0 aliphatic rings. The fourth-order valence-electron chi connectivity index (χ4n) is 0.780. The Morgan fingerprint density at radius 2 is 2.00 bits per heavy atom. The molecule has 0 radical (unpaired) electrons. The highest BCUT2D eigenvalue weighted by molar-refractivity contribution is 5.77. The van der Waals surface area contributed by atoms with Crippen LogP contribution in [0.1, 0.15) is 41.0 Å². The lowest BCUT2D eigenvalue weighted by Crippen LogP contribution is -2.34. The number of aliphatic imine (C=N–C) groups is 1. The van der Waals surface area contributed by atoms with Gasteiger partial charge in [0.25, 0.3) is 0 Å². The van der Waals surface area contributed by atoms with E-state index >= 15 is 0 Å². The lowest BCUT2D eigenvalue weighted by Gasteiger charge is -2.27. The predicted molar refractivity (Wildman–Crippen MR) is 63.4 cm³/mol. The van der Waals surface area contributed by atoms with Crippen molar-refractivity contribution in [2.75, 3.05) is 13.1 Å². The zero-order valence-electron chi connectivity index (χ0n) is 10.2. The Bertz CT molecular complexity index is 183. The predicted octanol–water partition coefficient (Wildman–Crippen LogP) is 1.98. The topological polar surface area (TPSA) is 50.4 Å². The number of hydrogen-bond acceptors (Lipinski definition) is 1. The first-order valence-corrected chi connectivity index (χ1v) is 5.44. The summed E-state index contributed by atoms with van der Waals surface area (Å²) in [5, 5.41) is 3.07. The molecule has 0 rings (SSSR count). The standard InChI is InChI=1S/C11H25N3/c1-6-7-13-10(12)14-8-11(4,5)9(2)3/h9H,6-8H2,1-5H3,(H3,12,13,14). The van der Waals surface area contributed by atoms with Crippen molar-refractivity contribution in [1.82, 2.24) is 5.32 Å². The molecule has 0 bridgehead atoms. The summed E-state index contributed by atoms with van der Waals surface area (Å²) in [6, 6.07) is 0. The molecule has 0 aliphatic carbocycles. The summed E-state index contributed by atoms with van der Waals surface area (Å²) in [6.07, 6.45) is 1.07. The van der Waals surface area contributed by atoms with E-state index in [0.717, 1.165) is 19.5 Å². The van der Waals surface area contributed by atoms with E-state index in [1.54, 1.807) is 0 Å². The van der Waals surface area contributed by atoms with Crippen LogP contribution in [0.25, 0.3) is 0 Å². The first-order chi connectivity index (χ1) is 6.40. The molecular formula is C11H25N3. The largest absolute Gasteiger partial charge is 0.370 e. The average molecular weight is 199 g/mol. The SMILES string of the molecule is CCCNC(N)=NCC(C)(C)C(C)C. The maximum atomic E-state index is 5.71. The third-order valence-electron chi connectivity index (χ3n) is 2.78. The fourth-order valence-corrected chi connectivity index (χ4v) is 0.780. The van der Waals surface area contributed by atoms with E-state index in [9.17, 15) is 0 Å². The molecule has 3 heteroatoms. The summed E-state index contributed by atoms with van der Waals surface area (Å²) in [7, 11) is 0. The van der Waals surface area contributed by atoms with Gasteiger partial charge in [0.05, 0.1) is 0 Å². The second-order valence-corrected chi connectivity index (χ2v) is 4.77. The van der Waals surface area contributed by atoms with Crippen molar-refractivity contribution < 1.29 is 0 Å². The summed E-state index contributed by atoms with van der Waals surface area (Å²) < 4.78 is 0. The zero-order valence-corrected chi connectivity index (χ0v) is 10.2. The molecule has 3 N–H and O–H groups in total. The van der Waals surface area contributed by atoms with E-state index in [1.807, 2.05) is 0 Å². The summed E-state index contributed by atoms with van der Waals surface area (Å²) in [4.78, 5) is 4.34. The van der Waals surface area contributed by atoms with Crippen molar-refractivity contribution in [2.24, 2.45) is 22.1 Å². The summed E-state index contributed by atoms with van der Waals surface area (Å²) in [5.74, 6) is 1.19. The maximum Gasteiger partial charge on any atom is 0.188 e. The van der Waals surface area contributed by atoms with E-state index < -0.39 is 0 Å². The molecule has 0 amide bonds. The van der Waals surface area contributed by atoms with Crippen LogP contribution < -0.4 is 11.1 Å². The zero-order chi connectivity index (χ0) is 11.2. The van der Waals surface area contributed by atoms with E-state index in [1.165, 1.54) is 0 Å². The summed E-state index contributed by atoms with van der Waals surface area (Å²) >= 11 is 0. The Balaban J connectivity index is 4.00. The van der Waals surface area contributed by atoms with Crippen LogP contribution in [0.5, 0.6) is 0 Å². The molecule has 0 aromatic carbocycles.